The molecule has 152 valence electrons. The zero-order valence-corrected chi connectivity index (χ0v) is 17.6. The average Bonchev–Trinajstić information content (AvgIpc) is 3.04. The number of carboxylic acid groups (broad SMARTS) is 1. The van der Waals surface area contributed by atoms with Crippen LogP contribution in [-0.2, 0) is 4.74 Å². The summed E-state index contributed by atoms with van der Waals surface area (Å²) in [5, 5.41) is 11.5. The summed E-state index contributed by atoms with van der Waals surface area (Å²) >= 11 is 17.9. The van der Waals surface area contributed by atoms with Crippen LogP contribution in [0.5, 0.6) is 0 Å². The van der Waals surface area contributed by atoms with Crippen LogP contribution >= 0.6 is 34.8 Å². The van der Waals surface area contributed by atoms with Crippen molar-refractivity contribution >= 4 is 52.6 Å². The molecule has 0 aromatic heterocycles. The zero-order chi connectivity index (χ0) is 21.4. The molecule has 0 saturated heterocycles. The maximum absolute atomic E-state index is 12.5. The molecule has 3 aromatic rings. The van der Waals surface area contributed by atoms with Gasteiger partial charge in [-0.3, -0.25) is 5.32 Å². The number of halogens is 3. The minimum absolute atomic E-state index is 0.0304. The third-order valence-corrected chi connectivity index (χ3v) is 6.04. The first-order valence-corrected chi connectivity index (χ1v) is 10.0. The Labute approximate surface area is 187 Å². The quantitative estimate of drug-likeness (QED) is 0.423. The number of anilines is 1. The van der Waals surface area contributed by atoms with E-state index in [0.717, 1.165) is 22.3 Å². The van der Waals surface area contributed by atoms with Gasteiger partial charge in [0, 0.05) is 5.92 Å². The molecular formula is C22H14Cl3NO4. The summed E-state index contributed by atoms with van der Waals surface area (Å²) in [7, 11) is 0. The maximum Gasteiger partial charge on any atom is 0.411 e. The second-order valence-corrected chi connectivity index (χ2v) is 7.85. The highest BCUT2D eigenvalue weighted by atomic mass is 35.5. The zero-order valence-electron chi connectivity index (χ0n) is 15.3. The summed E-state index contributed by atoms with van der Waals surface area (Å²) in [6, 6.07) is 17.1. The second kappa shape index (κ2) is 8.19. The number of nitrogens with one attached hydrogen (secondary N) is 1. The second-order valence-electron chi connectivity index (χ2n) is 6.66. The predicted octanol–water partition coefficient (Wildman–Crippen LogP) is 6.71. The standard InChI is InChI=1S/C22H14Cl3NO4/c23-16-9-17(24)20(18(19(16)25)21(27)28)26-22(29)30-10-15-13-7-3-1-5-11(13)12-6-2-4-8-14(12)15/h1-9,15H,10H2,(H,26,29)(H,27,28). The summed E-state index contributed by atoms with van der Waals surface area (Å²) in [6.07, 6.45) is -0.848. The van der Waals surface area contributed by atoms with Crippen LogP contribution in [0.1, 0.15) is 27.4 Å². The number of hydrogen-bond donors (Lipinski definition) is 2. The number of fused-ring (bicyclic) bond motifs is 3. The van der Waals surface area contributed by atoms with E-state index in [0.29, 0.717) is 0 Å². The van der Waals surface area contributed by atoms with Crippen molar-refractivity contribution < 1.29 is 19.4 Å². The number of benzene rings is 3. The molecule has 0 unspecified atom stereocenters. The Morgan fingerprint density at radius 2 is 1.50 bits per heavy atom. The number of hydrogen-bond acceptors (Lipinski definition) is 3. The van der Waals surface area contributed by atoms with Gasteiger partial charge in [-0.2, -0.15) is 0 Å². The summed E-state index contributed by atoms with van der Waals surface area (Å²) in [4.78, 5) is 24.0. The molecule has 0 heterocycles. The molecule has 1 aliphatic carbocycles. The van der Waals surface area contributed by atoms with Gasteiger partial charge in [0.15, 0.2) is 0 Å². The van der Waals surface area contributed by atoms with Crippen molar-refractivity contribution in [3.8, 4) is 11.1 Å². The Morgan fingerprint density at radius 3 is 2.07 bits per heavy atom. The number of aromatic carboxylic acids is 1. The van der Waals surface area contributed by atoms with Gasteiger partial charge in [-0.15, -0.1) is 0 Å². The van der Waals surface area contributed by atoms with Gasteiger partial charge in [-0.1, -0.05) is 83.3 Å². The van der Waals surface area contributed by atoms with Gasteiger partial charge >= 0.3 is 12.1 Å². The Morgan fingerprint density at radius 1 is 0.933 bits per heavy atom. The number of carbonyl (C=O) groups is 2. The van der Waals surface area contributed by atoms with Crippen LogP contribution in [0.2, 0.25) is 15.1 Å². The summed E-state index contributed by atoms with van der Waals surface area (Å²) in [6.45, 7) is 0.0706. The fourth-order valence-corrected chi connectivity index (χ4v) is 4.40. The van der Waals surface area contributed by atoms with Gasteiger partial charge in [-0.05, 0) is 28.3 Å². The molecule has 0 radical (unpaired) electrons. The van der Waals surface area contributed by atoms with Crippen molar-refractivity contribution in [1.29, 1.82) is 0 Å². The molecule has 0 aliphatic heterocycles. The minimum Gasteiger partial charge on any atom is -0.478 e. The molecule has 8 heteroatoms. The van der Waals surface area contributed by atoms with Crippen LogP contribution in [0.15, 0.2) is 54.6 Å². The number of carboxylic acids is 1. The van der Waals surface area contributed by atoms with E-state index in [1.54, 1.807) is 0 Å². The number of amides is 1. The van der Waals surface area contributed by atoms with Crippen molar-refractivity contribution in [3.63, 3.8) is 0 Å². The van der Waals surface area contributed by atoms with Gasteiger partial charge < -0.3 is 9.84 Å². The highest BCUT2D eigenvalue weighted by molar-refractivity contribution is 6.46. The number of carbonyl (C=O) groups excluding carboxylic acids is 1. The van der Waals surface area contributed by atoms with Crippen LogP contribution in [0.4, 0.5) is 10.5 Å². The molecule has 4 rings (SSSR count). The van der Waals surface area contributed by atoms with Gasteiger partial charge in [0.2, 0.25) is 0 Å². The molecular weight excluding hydrogens is 449 g/mol. The SMILES string of the molecule is O=C(Nc1c(Cl)cc(Cl)c(Cl)c1C(=O)O)OCC1c2ccccc2-c2ccccc21. The first-order valence-electron chi connectivity index (χ1n) is 8.91. The topological polar surface area (TPSA) is 75.6 Å². The first-order chi connectivity index (χ1) is 14.4. The Bertz CT molecular complexity index is 1130. The molecule has 0 bridgehead atoms. The summed E-state index contributed by atoms with van der Waals surface area (Å²) < 4.78 is 5.43. The normalized spacial score (nSPS) is 12.2. The van der Waals surface area contributed by atoms with E-state index < -0.39 is 17.6 Å². The van der Waals surface area contributed by atoms with Crippen molar-refractivity contribution in [2.75, 3.05) is 11.9 Å². The first kappa shape index (κ1) is 20.5. The largest absolute Gasteiger partial charge is 0.478 e. The van der Waals surface area contributed by atoms with E-state index in [-0.39, 0.29) is 33.3 Å². The third-order valence-electron chi connectivity index (χ3n) is 4.96. The van der Waals surface area contributed by atoms with Gasteiger partial charge in [0.05, 0.1) is 20.8 Å². The molecule has 0 saturated carbocycles. The maximum atomic E-state index is 12.5. The Hall–Kier alpha value is -2.73. The van der Waals surface area contributed by atoms with Crippen molar-refractivity contribution in [3.05, 3.63) is 86.4 Å². The summed E-state index contributed by atoms with van der Waals surface area (Å²) in [5.74, 6) is -1.51. The summed E-state index contributed by atoms with van der Waals surface area (Å²) in [5.41, 5.74) is 3.75. The van der Waals surface area contributed by atoms with E-state index in [1.165, 1.54) is 6.07 Å². The van der Waals surface area contributed by atoms with Crippen LogP contribution < -0.4 is 5.32 Å². The van der Waals surface area contributed by atoms with E-state index in [9.17, 15) is 14.7 Å². The van der Waals surface area contributed by atoms with E-state index in [2.05, 4.69) is 5.32 Å². The Balaban J connectivity index is 1.56. The third kappa shape index (κ3) is 3.60. The van der Waals surface area contributed by atoms with Crippen LogP contribution in [0.3, 0.4) is 0 Å². The molecule has 1 aliphatic rings. The highest BCUT2D eigenvalue weighted by Gasteiger charge is 2.29. The molecule has 30 heavy (non-hydrogen) atoms. The van der Waals surface area contributed by atoms with E-state index in [4.69, 9.17) is 39.5 Å². The number of ether oxygens (including phenoxy) is 1. The molecule has 0 fully saturated rings. The lowest BCUT2D eigenvalue weighted by atomic mass is 9.98. The number of rotatable bonds is 4. The Kier molecular flexibility index (Phi) is 5.60. The van der Waals surface area contributed by atoms with Gasteiger partial charge in [-0.25, -0.2) is 9.59 Å². The lowest BCUT2D eigenvalue weighted by Gasteiger charge is -2.16. The minimum atomic E-state index is -1.38. The average molecular weight is 463 g/mol. The van der Waals surface area contributed by atoms with Gasteiger partial charge in [0.1, 0.15) is 12.2 Å². The fourth-order valence-electron chi connectivity index (χ4n) is 3.65. The van der Waals surface area contributed by atoms with Crippen LogP contribution in [0.25, 0.3) is 11.1 Å². The van der Waals surface area contributed by atoms with Crippen molar-refractivity contribution in [2.24, 2.45) is 0 Å². The van der Waals surface area contributed by atoms with E-state index >= 15 is 0 Å². The van der Waals surface area contributed by atoms with Crippen LogP contribution in [0, 0.1) is 0 Å². The smallest absolute Gasteiger partial charge is 0.411 e. The fraction of sp³-hybridized carbons (Fsp3) is 0.0909. The molecule has 0 atom stereocenters. The molecule has 5 nitrogen and oxygen atoms in total. The van der Waals surface area contributed by atoms with E-state index in [1.807, 2.05) is 48.5 Å². The monoisotopic (exact) mass is 461 g/mol. The lowest BCUT2D eigenvalue weighted by molar-refractivity contribution is 0.0698. The van der Waals surface area contributed by atoms with Crippen molar-refractivity contribution in [2.45, 2.75) is 5.92 Å². The predicted molar refractivity (Wildman–Crippen MR) is 117 cm³/mol. The lowest BCUT2D eigenvalue weighted by Crippen LogP contribution is -2.20. The molecule has 3 aromatic carbocycles. The highest BCUT2D eigenvalue weighted by Crippen LogP contribution is 2.44. The van der Waals surface area contributed by atoms with Gasteiger partial charge in [0.25, 0.3) is 0 Å². The molecule has 0 spiro atoms. The molecule has 1 amide bonds. The van der Waals surface area contributed by atoms with Crippen molar-refractivity contribution in [1.82, 2.24) is 0 Å². The van der Waals surface area contributed by atoms with Crippen LogP contribution in [-0.4, -0.2) is 23.8 Å². The molecule has 2 N–H and O–H groups in total.